The molecule has 25 heavy (non-hydrogen) atoms. The van der Waals surface area contributed by atoms with Gasteiger partial charge in [0.2, 0.25) is 4.96 Å². The zero-order chi connectivity index (χ0) is 18.4. The second-order valence-corrected chi connectivity index (χ2v) is 5.99. The number of hydrogen-bond acceptors (Lipinski definition) is 7. The maximum Gasteiger partial charge on any atom is 0.298 e. The summed E-state index contributed by atoms with van der Waals surface area (Å²) in [6.07, 6.45) is 1.11. The van der Waals surface area contributed by atoms with E-state index < -0.39 is 33.2 Å². The number of phenolic OH excluding ortho intramolecular Hbond substituents is 1. The molecule has 0 aliphatic carbocycles. The van der Waals surface area contributed by atoms with Crippen LogP contribution in [-0.4, -0.2) is 30.5 Å². The Morgan fingerprint density at radius 3 is 2.80 bits per heavy atom. The molecule has 130 valence electrons. The summed E-state index contributed by atoms with van der Waals surface area (Å²) in [5.74, 6) is -4.48. The van der Waals surface area contributed by atoms with Crippen LogP contribution in [0.5, 0.6) is 5.75 Å². The third-order valence-corrected chi connectivity index (χ3v) is 4.20. The van der Waals surface area contributed by atoms with Crippen LogP contribution in [0.4, 0.5) is 20.2 Å². The van der Waals surface area contributed by atoms with E-state index in [-0.39, 0.29) is 16.3 Å². The predicted molar refractivity (Wildman–Crippen MR) is 83.1 cm³/mol. The molecule has 0 unspecified atom stereocenters. The van der Waals surface area contributed by atoms with Crippen molar-refractivity contribution in [2.75, 3.05) is 5.32 Å². The number of aromatic nitrogens is 3. The molecule has 12 heteroatoms. The van der Waals surface area contributed by atoms with E-state index in [1.54, 1.807) is 0 Å². The van der Waals surface area contributed by atoms with Crippen LogP contribution < -0.4 is 5.32 Å². The van der Waals surface area contributed by atoms with Crippen LogP contribution in [0.15, 0.2) is 24.4 Å². The largest absolute Gasteiger partial charge is 0.505 e. The molecule has 0 spiro atoms. The maximum atomic E-state index is 13.2. The number of halogens is 2. The summed E-state index contributed by atoms with van der Waals surface area (Å²) in [5.41, 5.74) is -1.08. The molecular weight excluding hydrogens is 360 g/mol. The monoisotopic (exact) mass is 369 g/mol. The van der Waals surface area contributed by atoms with Gasteiger partial charge in [-0.1, -0.05) is 17.4 Å². The fourth-order valence-electron chi connectivity index (χ4n) is 1.97. The first-order chi connectivity index (χ1) is 11.7. The summed E-state index contributed by atoms with van der Waals surface area (Å²) in [5, 5.41) is 26.1. The lowest BCUT2D eigenvalue weighted by Crippen LogP contribution is -2.14. The van der Waals surface area contributed by atoms with E-state index in [0.29, 0.717) is 18.3 Å². The van der Waals surface area contributed by atoms with E-state index in [1.165, 1.54) is 12.1 Å². The van der Waals surface area contributed by atoms with Crippen molar-refractivity contribution in [3.05, 3.63) is 45.2 Å². The van der Waals surface area contributed by atoms with Gasteiger partial charge in [-0.3, -0.25) is 14.9 Å². The van der Waals surface area contributed by atoms with Crippen LogP contribution in [0.2, 0.25) is 0 Å². The number of nitrogens with zero attached hydrogens (tertiary/aromatic N) is 4. The molecule has 0 aliphatic rings. The number of carbonyl (C=O) groups is 1. The normalized spacial score (nSPS) is 11.6. The Balaban J connectivity index is 1.91. The maximum absolute atomic E-state index is 13.2. The summed E-state index contributed by atoms with van der Waals surface area (Å²) in [6, 6.07) is 3.54. The number of aromatic hydroxyl groups is 1. The van der Waals surface area contributed by atoms with Crippen LogP contribution in [-0.2, 0) is 5.92 Å². The second kappa shape index (κ2) is 5.73. The first kappa shape index (κ1) is 16.7. The highest BCUT2D eigenvalue weighted by molar-refractivity contribution is 7.16. The van der Waals surface area contributed by atoms with E-state index >= 15 is 0 Å². The number of carbonyl (C=O) groups excluding carboxylic acids is 1. The number of nitrogens with one attached hydrogen (secondary N) is 1. The fraction of sp³-hybridized carbons (Fsp3) is 0.154. The minimum atomic E-state index is -3.13. The number of amides is 1. The van der Waals surface area contributed by atoms with Crippen LogP contribution in [0.1, 0.15) is 22.4 Å². The topological polar surface area (TPSA) is 123 Å². The standard InChI is InChI=1S/C13H9F2N5O4S/c1-13(14,15)11-18-19-5-6(16-12(19)25-11)10(22)17-9-7(20(23)24)3-2-4-8(9)21/h2-5,21H,1H3,(H,17,22). The minimum Gasteiger partial charge on any atom is -0.505 e. The number of phenols is 1. The molecule has 9 nitrogen and oxygen atoms in total. The van der Waals surface area contributed by atoms with Crippen molar-refractivity contribution in [2.24, 2.45) is 0 Å². The molecule has 2 N–H and O–H groups in total. The molecule has 0 fully saturated rings. The highest BCUT2D eigenvalue weighted by Gasteiger charge is 2.30. The lowest BCUT2D eigenvalue weighted by atomic mass is 10.2. The summed E-state index contributed by atoms with van der Waals surface area (Å²) < 4.78 is 27.5. The Bertz CT molecular complexity index is 963. The molecule has 3 rings (SSSR count). The molecule has 0 radical (unpaired) electrons. The molecule has 0 bridgehead atoms. The third kappa shape index (κ3) is 3.10. The van der Waals surface area contributed by atoms with Gasteiger partial charge in [0.1, 0.15) is 11.4 Å². The first-order valence-electron chi connectivity index (χ1n) is 6.69. The zero-order valence-electron chi connectivity index (χ0n) is 12.4. The number of hydrogen-bond donors (Lipinski definition) is 2. The van der Waals surface area contributed by atoms with Gasteiger partial charge in [0, 0.05) is 13.0 Å². The number of nitro groups is 1. The van der Waals surface area contributed by atoms with Gasteiger partial charge in [0.25, 0.3) is 17.5 Å². The molecule has 0 saturated heterocycles. The van der Waals surface area contributed by atoms with E-state index in [2.05, 4.69) is 15.4 Å². The van der Waals surface area contributed by atoms with Crippen molar-refractivity contribution in [1.82, 2.24) is 14.6 Å². The number of imidazole rings is 1. The average molecular weight is 369 g/mol. The third-order valence-electron chi connectivity index (χ3n) is 3.11. The Hall–Kier alpha value is -3.15. The van der Waals surface area contributed by atoms with Gasteiger partial charge in [-0.25, -0.2) is 9.50 Å². The summed E-state index contributed by atoms with van der Waals surface area (Å²) in [7, 11) is 0. The SMILES string of the molecule is CC(F)(F)c1nn2cc(C(=O)Nc3c(O)cccc3[N+](=O)[O-])nc2s1. The average Bonchev–Trinajstić information content (AvgIpc) is 3.07. The Morgan fingerprint density at radius 2 is 2.20 bits per heavy atom. The van der Waals surface area contributed by atoms with Crippen LogP contribution in [0, 0.1) is 10.1 Å². The van der Waals surface area contributed by atoms with E-state index in [4.69, 9.17) is 0 Å². The van der Waals surface area contributed by atoms with Gasteiger partial charge >= 0.3 is 0 Å². The first-order valence-corrected chi connectivity index (χ1v) is 7.50. The summed E-state index contributed by atoms with van der Waals surface area (Å²) in [6.45, 7) is 0.691. The van der Waals surface area contributed by atoms with Crippen molar-refractivity contribution in [3.63, 3.8) is 0 Å². The Labute approximate surface area is 141 Å². The highest BCUT2D eigenvalue weighted by atomic mass is 32.1. The molecular formula is C13H9F2N5O4S. The van der Waals surface area contributed by atoms with Crippen molar-refractivity contribution in [3.8, 4) is 5.75 Å². The Kier molecular flexibility index (Phi) is 3.83. The fourth-order valence-corrected chi connectivity index (χ4v) is 2.79. The second-order valence-electron chi connectivity index (χ2n) is 5.03. The van der Waals surface area contributed by atoms with E-state index in [9.17, 15) is 28.8 Å². The van der Waals surface area contributed by atoms with Gasteiger partial charge in [0.15, 0.2) is 10.7 Å². The number of para-hydroxylation sites is 1. The van der Waals surface area contributed by atoms with Gasteiger partial charge in [0.05, 0.1) is 11.1 Å². The molecule has 1 aromatic carbocycles. The summed E-state index contributed by atoms with van der Waals surface area (Å²) in [4.78, 5) is 26.3. The van der Waals surface area contributed by atoms with Crippen molar-refractivity contribution in [1.29, 1.82) is 0 Å². The molecule has 2 aromatic heterocycles. The Morgan fingerprint density at radius 1 is 1.48 bits per heavy atom. The van der Waals surface area contributed by atoms with Crippen molar-refractivity contribution in [2.45, 2.75) is 12.8 Å². The minimum absolute atomic E-state index is 0.0634. The van der Waals surface area contributed by atoms with Crippen LogP contribution in [0.3, 0.4) is 0 Å². The van der Waals surface area contributed by atoms with Crippen LogP contribution >= 0.6 is 11.3 Å². The molecule has 1 amide bonds. The predicted octanol–water partition coefficient (Wildman–Crippen LogP) is 2.77. The molecule has 0 aliphatic heterocycles. The van der Waals surface area contributed by atoms with E-state index in [0.717, 1.165) is 16.8 Å². The number of nitro benzene ring substituents is 1. The molecule has 2 heterocycles. The highest BCUT2D eigenvalue weighted by Crippen LogP contribution is 2.34. The van der Waals surface area contributed by atoms with E-state index in [1.807, 2.05) is 0 Å². The molecule has 3 aromatic rings. The quantitative estimate of drug-likeness (QED) is 0.414. The smallest absolute Gasteiger partial charge is 0.298 e. The number of rotatable bonds is 4. The molecule has 0 saturated carbocycles. The van der Waals surface area contributed by atoms with Gasteiger partial charge in [-0.05, 0) is 6.07 Å². The van der Waals surface area contributed by atoms with Crippen LogP contribution in [0.25, 0.3) is 4.96 Å². The number of benzene rings is 1. The lowest BCUT2D eigenvalue weighted by Gasteiger charge is -2.06. The molecule has 0 atom stereocenters. The van der Waals surface area contributed by atoms with Crippen molar-refractivity contribution < 1.29 is 23.6 Å². The number of fused-ring (bicyclic) bond motifs is 1. The number of alkyl halides is 2. The zero-order valence-corrected chi connectivity index (χ0v) is 13.3. The van der Waals surface area contributed by atoms with Gasteiger partial charge in [-0.2, -0.15) is 13.9 Å². The van der Waals surface area contributed by atoms with Gasteiger partial charge < -0.3 is 10.4 Å². The van der Waals surface area contributed by atoms with Gasteiger partial charge in [-0.15, -0.1) is 0 Å². The lowest BCUT2D eigenvalue weighted by molar-refractivity contribution is -0.384. The summed E-state index contributed by atoms with van der Waals surface area (Å²) >= 11 is 0.613. The number of anilines is 1. The van der Waals surface area contributed by atoms with Crippen molar-refractivity contribution >= 4 is 33.6 Å².